The molecule has 3 aromatic rings. The van der Waals surface area contributed by atoms with Crippen LogP contribution in [0.3, 0.4) is 0 Å². The average molecular weight is 461 g/mol. The minimum Gasteiger partial charge on any atom is -0.325 e. The van der Waals surface area contributed by atoms with E-state index in [1.807, 2.05) is 0 Å². The topological polar surface area (TPSA) is 114 Å². The lowest BCUT2D eigenvalue weighted by molar-refractivity contribution is -0.385. The quantitative estimate of drug-likeness (QED) is 0.374. The van der Waals surface area contributed by atoms with E-state index >= 15 is 0 Å². The van der Waals surface area contributed by atoms with Crippen molar-refractivity contribution in [2.45, 2.75) is 12.7 Å². The van der Waals surface area contributed by atoms with Gasteiger partial charge >= 0.3 is 0 Å². The van der Waals surface area contributed by atoms with Crippen LogP contribution in [-0.4, -0.2) is 27.5 Å². The van der Waals surface area contributed by atoms with Crippen molar-refractivity contribution in [1.82, 2.24) is 4.98 Å². The Morgan fingerprint density at radius 2 is 1.94 bits per heavy atom. The second kappa shape index (κ2) is 10.1. The summed E-state index contributed by atoms with van der Waals surface area (Å²) < 4.78 is 12.9. The Morgan fingerprint density at radius 3 is 2.65 bits per heavy atom. The number of nitro benzene ring substituents is 1. The third-order valence-electron chi connectivity index (χ3n) is 4.13. The summed E-state index contributed by atoms with van der Waals surface area (Å²) in [6.45, 7) is 1.52. The van der Waals surface area contributed by atoms with Gasteiger partial charge in [-0.25, -0.2) is 9.37 Å². The zero-order valence-electron chi connectivity index (χ0n) is 16.3. The van der Waals surface area contributed by atoms with Crippen molar-refractivity contribution in [3.05, 3.63) is 80.6 Å². The number of anilines is 2. The Kier molecular flexibility index (Phi) is 7.32. The van der Waals surface area contributed by atoms with E-state index in [4.69, 9.17) is 0 Å². The van der Waals surface area contributed by atoms with E-state index in [9.17, 15) is 24.1 Å². The van der Waals surface area contributed by atoms with Gasteiger partial charge in [-0.15, -0.1) is 23.1 Å². The summed E-state index contributed by atoms with van der Waals surface area (Å²) >= 11 is 2.57. The molecule has 8 nitrogen and oxygen atoms in total. The minimum absolute atomic E-state index is 0.122. The molecular formula is C20H17FN4O4S2. The molecule has 2 aromatic carbocycles. The van der Waals surface area contributed by atoms with Gasteiger partial charge in [-0.1, -0.05) is 6.07 Å². The number of hydrogen-bond acceptors (Lipinski definition) is 7. The normalized spacial score (nSPS) is 10.5. The molecule has 0 fully saturated rings. The van der Waals surface area contributed by atoms with Gasteiger partial charge in [0.2, 0.25) is 5.91 Å². The fraction of sp³-hybridized carbons (Fsp3) is 0.150. The summed E-state index contributed by atoms with van der Waals surface area (Å²) in [6, 6.07) is 9.82. The van der Waals surface area contributed by atoms with E-state index in [0.29, 0.717) is 22.3 Å². The summed E-state index contributed by atoms with van der Waals surface area (Å²) in [5.74, 6) is -0.433. The monoisotopic (exact) mass is 460 g/mol. The van der Waals surface area contributed by atoms with E-state index < -0.39 is 10.8 Å². The number of rotatable bonds is 8. The van der Waals surface area contributed by atoms with Crippen molar-refractivity contribution >= 4 is 51.4 Å². The molecule has 1 heterocycles. The van der Waals surface area contributed by atoms with Gasteiger partial charge in [0.05, 0.1) is 16.4 Å². The molecule has 0 bridgehead atoms. The standard InChI is InChI=1S/C20H17FN4O4S2/c1-12-16(3-2-4-17(12)25(28)29)19(27)24-20-23-15(10-31-20)9-30-11-18(26)22-14-7-5-13(21)6-8-14/h2-8,10H,9,11H2,1H3,(H,22,26)(H,23,24,27). The Morgan fingerprint density at radius 1 is 1.19 bits per heavy atom. The highest BCUT2D eigenvalue weighted by atomic mass is 32.2. The molecule has 160 valence electrons. The molecule has 2 amide bonds. The number of halogens is 1. The number of amides is 2. The van der Waals surface area contributed by atoms with Crippen LogP contribution in [0.25, 0.3) is 0 Å². The third-order valence-corrected chi connectivity index (χ3v) is 5.90. The smallest absolute Gasteiger partial charge is 0.273 e. The molecule has 2 N–H and O–H groups in total. The van der Waals surface area contributed by atoms with Gasteiger partial charge in [0.25, 0.3) is 11.6 Å². The predicted octanol–water partition coefficient (Wildman–Crippen LogP) is 4.62. The van der Waals surface area contributed by atoms with Gasteiger partial charge < -0.3 is 5.32 Å². The zero-order chi connectivity index (χ0) is 22.4. The van der Waals surface area contributed by atoms with Gasteiger partial charge in [-0.2, -0.15) is 0 Å². The molecule has 3 rings (SSSR count). The van der Waals surface area contributed by atoms with Crippen LogP contribution in [0, 0.1) is 22.9 Å². The second-order valence-electron chi connectivity index (χ2n) is 6.35. The molecule has 0 aliphatic heterocycles. The van der Waals surface area contributed by atoms with Gasteiger partial charge in [0, 0.05) is 34.0 Å². The van der Waals surface area contributed by atoms with Crippen LogP contribution in [0.4, 0.5) is 20.9 Å². The lowest BCUT2D eigenvalue weighted by atomic mass is 10.1. The van der Waals surface area contributed by atoms with Crippen molar-refractivity contribution in [2.24, 2.45) is 0 Å². The fourth-order valence-corrected chi connectivity index (χ4v) is 4.17. The molecule has 0 aliphatic carbocycles. The Hall–Kier alpha value is -3.31. The van der Waals surface area contributed by atoms with Crippen LogP contribution in [0.2, 0.25) is 0 Å². The lowest BCUT2D eigenvalue weighted by Gasteiger charge is -2.06. The van der Waals surface area contributed by atoms with E-state index in [2.05, 4.69) is 15.6 Å². The van der Waals surface area contributed by atoms with Crippen LogP contribution < -0.4 is 10.6 Å². The number of carbonyl (C=O) groups excluding carboxylic acids is 2. The van der Waals surface area contributed by atoms with Gasteiger partial charge in [-0.05, 0) is 37.3 Å². The third kappa shape index (κ3) is 6.09. The number of aromatic nitrogens is 1. The van der Waals surface area contributed by atoms with Crippen molar-refractivity contribution in [3.8, 4) is 0 Å². The van der Waals surface area contributed by atoms with Crippen molar-refractivity contribution in [1.29, 1.82) is 0 Å². The first-order valence-electron chi connectivity index (χ1n) is 8.96. The molecule has 11 heteroatoms. The number of thioether (sulfide) groups is 1. The van der Waals surface area contributed by atoms with E-state index in [1.165, 1.54) is 72.5 Å². The average Bonchev–Trinajstić information content (AvgIpc) is 3.16. The molecule has 0 spiro atoms. The fourth-order valence-electron chi connectivity index (χ4n) is 2.64. The van der Waals surface area contributed by atoms with Gasteiger partial charge in [0.15, 0.2) is 5.13 Å². The summed E-state index contributed by atoms with van der Waals surface area (Å²) in [5.41, 5.74) is 1.57. The van der Waals surface area contributed by atoms with Crippen molar-refractivity contribution in [3.63, 3.8) is 0 Å². The van der Waals surface area contributed by atoms with Gasteiger partial charge in [0.1, 0.15) is 5.82 Å². The summed E-state index contributed by atoms with van der Waals surface area (Å²) in [6.07, 6.45) is 0. The largest absolute Gasteiger partial charge is 0.325 e. The first-order valence-corrected chi connectivity index (χ1v) is 11.0. The minimum atomic E-state index is -0.531. The number of thiazole rings is 1. The van der Waals surface area contributed by atoms with Crippen LogP contribution in [0.15, 0.2) is 47.8 Å². The molecule has 0 aliphatic rings. The number of nitro groups is 1. The maximum Gasteiger partial charge on any atom is 0.273 e. The van der Waals surface area contributed by atoms with Gasteiger partial charge in [-0.3, -0.25) is 25.0 Å². The zero-order valence-corrected chi connectivity index (χ0v) is 17.9. The molecule has 0 saturated heterocycles. The van der Waals surface area contributed by atoms with Crippen LogP contribution in [-0.2, 0) is 10.5 Å². The first-order chi connectivity index (χ1) is 14.8. The molecule has 0 atom stereocenters. The lowest BCUT2D eigenvalue weighted by Crippen LogP contribution is -2.14. The predicted molar refractivity (Wildman–Crippen MR) is 119 cm³/mol. The molecule has 1 aromatic heterocycles. The van der Waals surface area contributed by atoms with Crippen LogP contribution >= 0.6 is 23.1 Å². The second-order valence-corrected chi connectivity index (χ2v) is 8.20. The number of nitrogens with one attached hydrogen (secondary N) is 2. The first kappa shape index (κ1) is 22.4. The Labute approximate surface area is 185 Å². The highest BCUT2D eigenvalue weighted by Gasteiger charge is 2.18. The Bertz CT molecular complexity index is 1120. The van der Waals surface area contributed by atoms with E-state index in [-0.39, 0.29) is 34.3 Å². The number of carbonyl (C=O) groups is 2. The molecule has 0 unspecified atom stereocenters. The highest BCUT2D eigenvalue weighted by Crippen LogP contribution is 2.24. The van der Waals surface area contributed by atoms with Crippen LogP contribution in [0.1, 0.15) is 21.6 Å². The SMILES string of the molecule is Cc1c(C(=O)Nc2nc(CSCC(=O)Nc3ccc(F)cc3)cs2)cccc1[N+](=O)[O-]. The number of benzene rings is 2. The van der Waals surface area contributed by atoms with E-state index in [0.717, 1.165) is 0 Å². The highest BCUT2D eigenvalue weighted by molar-refractivity contribution is 7.99. The molecular weight excluding hydrogens is 443 g/mol. The number of hydrogen-bond donors (Lipinski definition) is 2. The van der Waals surface area contributed by atoms with Crippen molar-refractivity contribution in [2.75, 3.05) is 16.4 Å². The van der Waals surface area contributed by atoms with Crippen LogP contribution in [0.5, 0.6) is 0 Å². The number of nitrogens with zero attached hydrogens (tertiary/aromatic N) is 2. The summed E-state index contributed by atoms with van der Waals surface area (Å²) in [4.78, 5) is 39.2. The summed E-state index contributed by atoms with van der Waals surface area (Å²) in [5, 5.41) is 18.5. The Balaban J connectivity index is 1.51. The van der Waals surface area contributed by atoms with E-state index in [1.54, 1.807) is 5.38 Å². The maximum atomic E-state index is 12.9. The van der Waals surface area contributed by atoms with Crippen molar-refractivity contribution < 1.29 is 18.9 Å². The summed E-state index contributed by atoms with van der Waals surface area (Å²) in [7, 11) is 0. The maximum absolute atomic E-state index is 12.9. The molecule has 0 saturated carbocycles. The molecule has 31 heavy (non-hydrogen) atoms. The molecule has 0 radical (unpaired) electrons.